The van der Waals surface area contributed by atoms with Crippen LogP contribution in [0.1, 0.15) is 11.1 Å². The van der Waals surface area contributed by atoms with Crippen LogP contribution in [0.5, 0.6) is 11.5 Å². The molecular weight excluding hydrogens is 354 g/mol. The van der Waals surface area contributed by atoms with Gasteiger partial charge in [0, 0.05) is 10.0 Å². The van der Waals surface area contributed by atoms with Gasteiger partial charge in [-0.15, -0.1) is 6.42 Å². The molecule has 114 valence electrons. The number of hydrogen-bond donors (Lipinski definition) is 0. The summed E-state index contributed by atoms with van der Waals surface area (Å²) in [5, 5.41) is 9.47. The van der Waals surface area contributed by atoms with E-state index in [-0.39, 0.29) is 6.61 Å². The highest BCUT2D eigenvalue weighted by Gasteiger charge is 2.07. The van der Waals surface area contributed by atoms with Gasteiger partial charge in [-0.3, -0.25) is 0 Å². The van der Waals surface area contributed by atoms with Crippen molar-refractivity contribution in [3.05, 3.63) is 58.1 Å². The van der Waals surface area contributed by atoms with Crippen LogP contribution in [0.15, 0.2) is 46.9 Å². The summed E-state index contributed by atoms with van der Waals surface area (Å²) in [7, 11) is 1.59. The number of ether oxygens (including phenoxy) is 2. The van der Waals surface area contributed by atoms with Crippen LogP contribution in [0.25, 0.3) is 11.6 Å². The summed E-state index contributed by atoms with van der Waals surface area (Å²) in [5.41, 5.74) is 2.08. The topological polar surface area (TPSA) is 42.2 Å². The normalized spacial score (nSPS) is 10.5. The summed E-state index contributed by atoms with van der Waals surface area (Å²) in [6, 6.07) is 15.1. The quantitative estimate of drug-likeness (QED) is 0.442. The van der Waals surface area contributed by atoms with Gasteiger partial charge in [-0.05, 0) is 42.0 Å². The highest BCUT2D eigenvalue weighted by molar-refractivity contribution is 9.10. The summed E-state index contributed by atoms with van der Waals surface area (Å²) in [6.45, 7) is 0.160. The SMILES string of the molecule is C#CCOc1ccc(OC)cc1/C=C(\C#N)c1ccc(Br)cc1. The Kier molecular flexibility index (Phi) is 5.86. The van der Waals surface area contributed by atoms with Crippen molar-refractivity contribution in [2.24, 2.45) is 0 Å². The zero-order valence-electron chi connectivity index (χ0n) is 12.5. The Labute approximate surface area is 144 Å². The van der Waals surface area contributed by atoms with E-state index in [4.69, 9.17) is 15.9 Å². The van der Waals surface area contributed by atoms with Crippen molar-refractivity contribution >= 4 is 27.6 Å². The minimum Gasteiger partial charge on any atom is -0.497 e. The summed E-state index contributed by atoms with van der Waals surface area (Å²) >= 11 is 3.38. The van der Waals surface area contributed by atoms with Crippen LogP contribution in [0.4, 0.5) is 0 Å². The molecule has 0 N–H and O–H groups in total. The molecule has 23 heavy (non-hydrogen) atoms. The molecule has 0 amide bonds. The number of halogens is 1. The standard InChI is InChI=1S/C19H14BrNO2/c1-3-10-23-19-9-8-18(22-2)12-15(19)11-16(13-21)14-4-6-17(20)7-5-14/h1,4-9,11-12H,10H2,2H3/b16-11+. The first kappa shape index (κ1) is 16.7. The maximum atomic E-state index is 9.47. The van der Waals surface area contributed by atoms with Crippen LogP contribution in [0.3, 0.4) is 0 Å². The van der Waals surface area contributed by atoms with Gasteiger partial charge in [-0.2, -0.15) is 5.26 Å². The molecule has 3 nitrogen and oxygen atoms in total. The number of benzene rings is 2. The summed E-state index contributed by atoms with van der Waals surface area (Å²) < 4.78 is 11.7. The van der Waals surface area contributed by atoms with Crippen LogP contribution in [0, 0.1) is 23.7 Å². The second-order valence-electron chi connectivity index (χ2n) is 4.57. The number of rotatable bonds is 5. The highest BCUT2D eigenvalue weighted by Crippen LogP contribution is 2.29. The third kappa shape index (κ3) is 4.39. The van der Waals surface area contributed by atoms with E-state index in [0.717, 1.165) is 15.6 Å². The monoisotopic (exact) mass is 367 g/mol. The van der Waals surface area contributed by atoms with E-state index >= 15 is 0 Å². The Hall–Kier alpha value is -2.69. The molecule has 0 spiro atoms. The molecular formula is C19H14BrNO2. The Morgan fingerprint density at radius 1 is 1.26 bits per heavy atom. The molecule has 2 rings (SSSR count). The molecule has 4 heteroatoms. The Bertz CT molecular complexity index is 796. The molecule has 0 saturated carbocycles. The molecule has 0 fully saturated rings. The predicted molar refractivity (Wildman–Crippen MR) is 94.9 cm³/mol. The molecule has 0 bridgehead atoms. The average Bonchev–Trinajstić information content (AvgIpc) is 2.59. The van der Waals surface area contributed by atoms with Gasteiger partial charge >= 0.3 is 0 Å². The molecule has 0 aliphatic heterocycles. The molecule has 0 aliphatic rings. The lowest BCUT2D eigenvalue weighted by Crippen LogP contribution is -1.96. The van der Waals surface area contributed by atoms with Crippen molar-refractivity contribution in [1.29, 1.82) is 5.26 Å². The van der Waals surface area contributed by atoms with E-state index in [0.29, 0.717) is 17.1 Å². The Morgan fingerprint density at radius 3 is 2.61 bits per heavy atom. The summed E-state index contributed by atoms with van der Waals surface area (Å²) in [5.74, 6) is 3.72. The third-order valence-corrected chi connectivity index (χ3v) is 3.63. The van der Waals surface area contributed by atoms with Crippen molar-refractivity contribution in [2.75, 3.05) is 13.7 Å². The van der Waals surface area contributed by atoms with E-state index in [1.54, 1.807) is 25.3 Å². The van der Waals surface area contributed by atoms with E-state index in [1.165, 1.54) is 0 Å². The minimum atomic E-state index is 0.160. The maximum Gasteiger partial charge on any atom is 0.148 e. The van der Waals surface area contributed by atoms with Crippen LogP contribution >= 0.6 is 15.9 Å². The number of allylic oxidation sites excluding steroid dienone is 1. The molecule has 2 aromatic rings. The van der Waals surface area contributed by atoms with Crippen LogP contribution in [-0.4, -0.2) is 13.7 Å². The lowest BCUT2D eigenvalue weighted by Gasteiger charge is -2.09. The molecule has 0 saturated heterocycles. The first-order valence-corrected chi connectivity index (χ1v) is 7.59. The fourth-order valence-electron chi connectivity index (χ4n) is 1.98. The second kappa shape index (κ2) is 8.08. The van der Waals surface area contributed by atoms with Gasteiger partial charge in [-0.25, -0.2) is 0 Å². The molecule has 0 aromatic heterocycles. The van der Waals surface area contributed by atoms with Gasteiger partial charge in [0.25, 0.3) is 0 Å². The number of methoxy groups -OCH3 is 1. The highest BCUT2D eigenvalue weighted by atomic mass is 79.9. The van der Waals surface area contributed by atoms with E-state index in [1.807, 2.05) is 30.3 Å². The Balaban J connectivity index is 2.47. The van der Waals surface area contributed by atoms with E-state index in [9.17, 15) is 5.26 Å². The molecule has 0 atom stereocenters. The van der Waals surface area contributed by atoms with Gasteiger partial charge in [-0.1, -0.05) is 34.0 Å². The second-order valence-corrected chi connectivity index (χ2v) is 5.49. The Morgan fingerprint density at radius 2 is 2.00 bits per heavy atom. The molecule has 0 radical (unpaired) electrons. The molecule has 0 unspecified atom stereocenters. The van der Waals surface area contributed by atoms with Gasteiger partial charge in [0.2, 0.25) is 0 Å². The van der Waals surface area contributed by atoms with Crippen molar-refractivity contribution in [3.63, 3.8) is 0 Å². The van der Waals surface area contributed by atoms with Gasteiger partial charge in [0.1, 0.15) is 18.1 Å². The predicted octanol–water partition coefficient (Wildman–Crippen LogP) is 4.53. The third-order valence-electron chi connectivity index (χ3n) is 3.10. The zero-order chi connectivity index (χ0) is 16.7. The number of nitrogens with zero attached hydrogens (tertiary/aromatic N) is 1. The number of terminal acetylenes is 1. The van der Waals surface area contributed by atoms with E-state index < -0.39 is 0 Å². The van der Waals surface area contributed by atoms with Crippen molar-refractivity contribution in [3.8, 4) is 29.9 Å². The minimum absolute atomic E-state index is 0.160. The smallest absolute Gasteiger partial charge is 0.148 e. The van der Waals surface area contributed by atoms with Gasteiger partial charge < -0.3 is 9.47 Å². The van der Waals surface area contributed by atoms with Gasteiger partial charge in [0.05, 0.1) is 18.8 Å². The maximum absolute atomic E-state index is 9.47. The number of hydrogen-bond acceptors (Lipinski definition) is 3. The fraction of sp³-hybridized carbons (Fsp3) is 0.105. The number of nitriles is 1. The zero-order valence-corrected chi connectivity index (χ0v) is 14.1. The lowest BCUT2D eigenvalue weighted by atomic mass is 10.0. The molecule has 0 aliphatic carbocycles. The van der Waals surface area contributed by atoms with Crippen molar-refractivity contribution < 1.29 is 9.47 Å². The summed E-state index contributed by atoms with van der Waals surface area (Å²) in [4.78, 5) is 0. The average molecular weight is 368 g/mol. The van der Waals surface area contributed by atoms with E-state index in [2.05, 4.69) is 27.9 Å². The molecule has 2 aromatic carbocycles. The largest absolute Gasteiger partial charge is 0.497 e. The van der Waals surface area contributed by atoms with Gasteiger partial charge in [0.15, 0.2) is 0 Å². The van der Waals surface area contributed by atoms with Crippen molar-refractivity contribution in [2.45, 2.75) is 0 Å². The molecule has 0 heterocycles. The first-order valence-electron chi connectivity index (χ1n) is 6.80. The van der Waals surface area contributed by atoms with Crippen LogP contribution < -0.4 is 9.47 Å². The first-order chi connectivity index (χ1) is 11.2. The van der Waals surface area contributed by atoms with Crippen LogP contribution in [-0.2, 0) is 0 Å². The van der Waals surface area contributed by atoms with Crippen molar-refractivity contribution in [1.82, 2.24) is 0 Å². The summed E-state index contributed by atoms with van der Waals surface area (Å²) in [6.07, 6.45) is 7.00. The van der Waals surface area contributed by atoms with Crippen LogP contribution in [0.2, 0.25) is 0 Å². The lowest BCUT2D eigenvalue weighted by molar-refractivity contribution is 0.367. The fourth-order valence-corrected chi connectivity index (χ4v) is 2.25.